The molecule has 10 heteroatoms. The molecule has 6 nitrogen and oxygen atoms in total. The zero-order chi connectivity index (χ0) is 21.3. The summed E-state index contributed by atoms with van der Waals surface area (Å²) in [4.78, 5) is 16.6. The Labute approximate surface area is 173 Å². The van der Waals surface area contributed by atoms with E-state index in [0.717, 1.165) is 12.1 Å². The maximum atomic E-state index is 13.9. The zero-order valence-corrected chi connectivity index (χ0v) is 16.2. The van der Waals surface area contributed by atoms with E-state index in [-0.39, 0.29) is 42.6 Å². The second-order valence-electron chi connectivity index (χ2n) is 6.44. The molecule has 0 spiro atoms. The van der Waals surface area contributed by atoms with Crippen LogP contribution in [0.25, 0.3) is 11.0 Å². The van der Waals surface area contributed by atoms with E-state index in [1.807, 2.05) is 0 Å². The van der Waals surface area contributed by atoms with Crippen molar-refractivity contribution in [1.82, 2.24) is 13.5 Å². The van der Waals surface area contributed by atoms with Crippen LogP contribution in [0.1, 0.15) is 11.4 Å². The minimum absolute atomic E-state index is 0.0124. The number of ether oxygens (including phenoxy) is 1. The number of hydrogen-bond donors (Lipinski definition) is 1. The highest BCUT2D eigenvalue weighted by atomic mass is 32.2. The molecule has 0 aliphatic rings. The van der Waals surface area contributed by atoms with Crippen LogP contribution < -0.4 is 16.0 Å². The lowest BCUT2D eigenvalue weighted by atomic mass is 10.2. The Hall–Kier alpha value is -3.40. The summed E-state index contributed by atoms with van der Waals surface area (Å²) in [7, 11) is 0. The highest BCUT2D eigenvalue weighted by Crippen LogP contribution is 2.30. The van der Waals surface area contributed by atoms with E-state index < -0.39 is 17.2 Å². The van der Waals surface area contributed by atoms with Gasteiger partial charge >= 0.3 is 0 Å². The summed E-state index contributed by atoms with van der Waals surface area (Å²) in [5, 5.41) is 0. The molecule has 0 amide bonds. The van der Waals surface area contributed by atoms with Gasteiger partial charge in [-0.25, -0.2) is 17.7 Å². The number of pyridine rings is 1. The Balaban J connectivity index is 1.69. The number of fused-ring (bicyclic) bond motifs is 1. The normalized spacial score (nSPS) is 11.2. The van der Waals surface area contributed by atoms with Crippen molar-refractivity contribution in [3.63, 3.8) is 0 Å². The predicted molar refractivity (Wildman–Crippen MR) is 109 cm³/mol. The molecule has 0 bridgehead atoms. The van der Waals surface area contributed by atoms with Crippen molar-refractivity contribution < 1.29 is 17.4 Å². The number of nitrogens with two attached hydrogens (primary N) is 1. The number of nitrogen functional groups attached to an aromatic ring is 1. The molecule has 30 heavy (non-hydrogen) atoms. The van der Waals surface area contributed by atoms with E-state index in [1.165, 1.54) is 26.9 Å². The Kier molecular flexibility index (Phi) is 5.40. The van der Waals surface area contributed by atoms with Crippen molar-refractivity contribution in [1.29, 1.82) is 0 Å². The van der Waals surface area contributed by atoms with Gasteiger partial charge in [-0.05, 0) is 36.4 Å². The van der Waals surface area contributed by atoms with Gasteiger partial charge in [-0.15, -0.1) is 3.89 Å². The number of rotatable bonds is 6. The number of benzene rings is 2. The van der Waals surface area contributed by atoms with Gasteiger partial charge in [0.1, 0.15) is 35.3 Å². The van der Waals surface area contributed by atoms with Crippen molar-refractivity contribution in [3.8, 4) is 5.75 Å². The van der Waals surface area contributed by atoms with E-state index in [9.17, 15) is 17.5 Å². The maximum Gasteiger partial charge on any atom is 0.274 e. The standard InChI is InChI=1S/C20H15F3N4O2S/c21-13-7-6-12(14(22)9-13)11-29-17-5-1-4-16-19(17)25-18(27(16)30-23)10-26-8-2-3-15(24)20(26)28/h1-9H,10-11,24H2. The molecule has 0 saturated carbocycles. The quantitative estimate of drug-likeness (QED) is 0.497. The van der Waals surface area contributed by atoms with Crippen LogP contribution in [-0.4, -0.2) is 13.5 Å². The topological polar surface area (TPSA) is 75.1 Å². The van der Waals surface area contributed by atoms with Gasteiger partial charge in [-0.1, -0.05) is 6.07 Å². The van der Waals surface area contributed by atoms with Gasteiger partial charge in [-0.3, -0.25) is 4.79 Å². The molecule has 2 heterocycles. The van der Waals surface area contributed by atoms with E-state index in [1.54, 1.807) is 24.3 Å². The predicted octanol–water partition coefficient (Wildman–Crippen LogP) is 4.07. The summed E-state index contributed by atoms with van der Waals surface area (Å²) in [5.41, 5.74) is 6.23. The van der Waals surface area contributed by atoms with Gasteiger partial charge in [0.05, 0.1) is 17.7 Å². The molecule has 0 unspecified atom stereocenters. The van der Waals surface area contributed by atoms with E-state index in [4.69, 9.17) is 10.5 Å². The van der Waals surface area contributed by atoms with Gasteiger partial charge in [-0.2, -0.15) is 0 Å². The molecule has 0 aliphatic heterocycles. The average Bonchev–Trinajstić information content (AvgIpc) is 3.08. The molecule has 0 fully saturated rings. The smallest absolute Gasteiger partial charge is 0.274 e. The highest BCUT2D eigenvalue weighted by Gasteiger charge is 2.17. The fraction of sp³-hybridized carbons (Fsp3) is 0.100. The lowest BCUT2D eigenvalue weighted by Gasteiger charge is -2.08. The molecule has 2 aromatic carbocycles. The first-order valence-corrected chi connectivity index (χ1v) is 9.46. The Morgan fingerprint density at radius 1 is 1.13 bits per heavy atom. The number of anilines is 1. The molecule has 154 valence electrons. The Morgan fingerprint density at radius 3 is 2.73 bits per heavy atom. The fourth-order valence-corrected chi connectivity index (χ4v) is 3.42. The Morgan fingerprint density at radius 2 is 1.97 bits per heavy atom. The van der Waals surface area contributed by atoms with Crippen LogP contribution in [0, 0.1) is 11.6 Å². The number of halogens is 3. The number of para-hydroxylation sites is 1. The summed E-state index contributed by atoms with van der Waals surface area (Å²) in [5.74, 6) is -0.855. The second kappa shape index (κ2) is 8.15. The third-order valence-corrected chi connectivity index (χ3v) is 5.05. The molecular formula is C20H15F3N4O2S. The monoisotopic (exact) mass is 432 g/mol. The van der Waals surface area contributed by atoms with E-state index in [0.29, 0.717) is 16.8 Å². The first kappa shape index (κ1) is 19.9. The Bertz CT molecular complexity index is 1290. The lowest BCUT2D eigenvalue weighted by Crippen LogP contribution is -2.23. The SMILES string of the molecule is Nc1cccn(Cc2nc3c(OCc4ccc(F)cc4F)cccc3n2SF)c1=O. The molecule has 4 rings (SSSR count). The molecule has 0 radical (unpaired) electrons. The van der Waals surface area contributed by atoms with Gasteiger partial charge in [0.2, 0.25) is 0 Å². The van der Waals surface area contributed by atoms with Gasteiger partial charge < -0.3 is 15.0 Å². The van der Waals surface area contributed by atoms with E-state index >= 15 is 0 Å². The third kappa shape index (κ3) is 3.73. The van der Waals surface area contributed by atoms with Gasteiger partial charge in [0.25, 0.3) is 5.56 Å². The van der Waals surface area contributed by atoms with Gasteiger partial charge in [0.15, 0.2) is 12.3 Å². The molecule has 4 aromatic rings. The van der Waals surface area contributed by atoms with Crippen molar-refractivity contribution in [2.45, 2.75) is 13.2 Å². The molecule has 0 saturated heterocycles. The van der Waals surface area contributed by atoms with Gasteiger partial charge in [0, 0.05) is 17.8 Å². The maximum absolute atomic E-state index is 13.9. The largest absolute Gasteiger partial charge is 0.486 e. The van der Waals surface area contributed by atoms with Crippen LogP contribution in [-0.2, 0) is 13.2 Å². The third-order valence-electron chi connectivity index (χ3n) is 4.50. The summed E-state index contributed by atoms with van der Waals surface area (Å²) in [6, 6.07) is 11.2. The van der Waals surface area contributed by atoms with Crippen LogP contribution in [0.4, 0.5) is 18.4 Å². The first-order chi connectivity index (χ1) is 14.5. The summed E-state index contributed by atoms with van der Waals surface area (Å²) in [6.45, 7) is -0.174. The fourth-order valence-electron chi connectivity index (χ4n) is 3.02. The number of aromatic nitrogens is 3. The number of hydrogen-bond acceptors (Lipinski definition) is 5. The van der Waals surface area contributed by atoms with Crippen molar-refractivity contribution in [2.75, 3.05) is 5.73 Å². The van der Waals surface area contributed by atoms with Crippen LogP contribution >= 0.6 is 12.3 Å². The van der Waals surface area contributed by atoms with E-state index in [2.05, 4.69) is 4.98 Å². The number of nitrogens with zero attached hydrogens (tertiary/aromatic N) is 3. The molecular weight excluding hydrogens is 417 g/mol. The zero-order valence-electron chi connectivity index (χ0n) is 15.4. The second-order valence-corrected chi connectivity index (χ2v) is 6.94. The van der Waals surface area contributed by atoms with Crippen LogP contribution in [0.15, 0.2) is 59.5 Å². The summed E-state index contributed by atoms with van der Waals surface area (Å²) < 4.78 is 48.9. The first-order valence-electron chi connectivity index (χ1n) is 8.79. The highest BCUT2D eigenvalue weighted by molar-refractivity contribution is 7.92. The molecule has 2 N–H and O–H groups in total. The molecule has 0 atom stereocenters. The minimum Gasteiger partial charge on any atom is -0.486 e. The van der Waals surface area contributed by atoms with Crippen LogP contribution in [0.2, 0.25) is 0 Å². The summed E-state index contributed by atoms with van der Waals surface area (Å²) in [6.07, 6.45) is 1.53. The minimum atomic E-state index is -0.728. The molecule has 2 aromatic heterocycles. The van der Waals surface area contributed by atoms with Crippen LogP contribution in [0.5, 0.6) is 5.75 Å². The lowest BCUT2D eigenvalue weighted by molar-refractivity contribution is 0.302. The van der Waals surface area contributed by atoms with Crippen molar-refractivity contribution in [3.05, 3.63) is 88.1 Å². The van der Waals surface area contributed by atoms with Crippen LogP contribution in [0.3, 0.4) is 0 Å². The average molecular weight is 432 g/mol. The number of imidazole rings is 1. The molecule has 0 aliphatic carbocycles. The van der Waals surface area contributed by atoms with Crippen molar-refractivity contribution in [2.24, 2.45) is 0 Å². The van der Waals surface area contributed by atoms with Crippen molar-refractivity contribution >= 4 is 29.1 Å². The summed E-state index contributed by atoms with van der Waals surface area (Å²) >= 11 is -0.0616.